The van der Waals surface area contributed by atoms with Gasteiger partial charge >= 0.3 is 0 Å². The average Bonchev–Trinajstić information content (AvgIpc) is 2.13. The number of anilines is 1. The van der Waals surface area contributed by atoms with Gasteiger partial charge in [0.25, 0.3) is 0 Å². The lowest BCUT2D eigenvalue weighted by atomic mass is 10.1. The summed E-state index contributed by atoms with van der Waals surface area (Å²) in [7, 11) is 0. The van der Waals surface area contributed by atoms with Crippen molar-refractivity contribution in [3.63, 3.8) is 0 Å². The topological polar surface area (TPSA) is 26.0 Å². The molecule has 1 rings (SSSR count). The van der Waals surface area contributed by atoms with Gasteiger partial charge in [0.2, 0.25) is 0 Å². The molecule has 0 aliphatic carbocycles. The van der Waals surface area contributed by atoms with Gasteiger partial charge in [0.15, 0.2) is 11.6 Å². The van der Waals surface area contributed by atoms with Crippen molar-refractivity contribution in [3.05, 3.63) is 28.0 Å². The molecule has 0 amide bonds. The van der Waals surface area contributed by atoms with Crippen LogP contribution in [0.3, 0.4) is 0 Å². The normalized spacial score (nSPS) is 10.5. The lowest BCUT2D eigenvalue weighted by Crippen LogP contribution is -2.04. The van der Waals surface area contributed by atoms with Crippen molar-refractivity contribution in [3.8, 4) is 0 Å². The lowest BCUT2D eigenvalue weighted by Gasteiger charge is -2.08. The average molecular weight is 210 g/mol. The predicted molar refractivity (Wildman–Crippen MR) is 45.1 cm³/mol. The van der Waals surface area contributed by atoms with Gasteiger partial charge in [0.1, 0.15) is 10.8 Å². The zero-order valence-electron chi connectivity index (χ0n) is 6.80. The molecule has 1 nitrogen and oxygen atoms in total. The monoisotopic (exact) mass is 209 g/mol. The fourth-order valence-electron chi connectivity index (χ4n) is 1.04. The molecular formula is C8H7ClF3N. The summed E-state index contributed by atoms with van der Waals surface area (Å²) in [5, 5.41) is -0.844. The van der Waals surface area contributed by atoms with Crippen molar-refractivity contribution < 1.29 is 13.2 Å². The molecule has 0 aliphatic heterocycles. The second-order valence-corrected chi connectivity index (χ2v) is 2.88. The van der Waals surface area contributed by atoms with Gasteiger partial charge in [-0.1, -0.05) is 18.5 Å². The lowest BCUT2D eigenvalue weighted by molar-refractivity contribution is 0.495. The first-order chi connectivity index (χ1) is 6.00. The summed E-state index contributed by atoms with van der Waals surface area (Å²) in [6.45, 7) is 1.57. The van der Waals surface area contributed by atoms with Gasteiger partial charge in [-0.15, -0.1) is 0 Å². The third kappa shape index (κ3) is 1.46. The minimum Gasteiger partial charge on any atom is -0.396 e. The summed E-state index contributed by atoms with van der Waals surface area (Å²) in [5.41, 5.74) is 4.54. The van der Waals surface area contributed by atoms with E-state index in [-0.39, 0.29) is 12.0 Å². The molecule has 5 heteroatoms. The van der Waals surface area contributed by atoms with E-state index in [2.05, 4.69) is 0 Å². The minimum atomic E-state index is -1.44. The Balaban J connectivity index is 3.56. The molecule has 0 unspecified atom stereocenters. The highest BCUT2D eigenvalue weighted by molar-refractivity contribution is 6.31. The number of hydrogen-bond acceptors (Lipinski definition) is 1. The second-order valence-electron chi connectivity index (χ2n) is 2.50. The van der Waals surface area contributed by atoms with Gasteiger partial charge < -0.3 is 5.73 Å². The van der Waals surface area contributed by atoms with Crippen molar-refractivity contribution in [2.75, 3.05) is 5.73 Å². The SMILES string of the molecule is CCc1c(N)c(F)c(F)c(Cl)c1F. The van der Waals surface area contributed by atoms with Crippen LogP contribution < -0.4 is 5.73 Å². The van der Waals surface area contributed by atoms with Gasteiger partial charge in [0, 0.05) is 5.56 Å². The zero-order valence-corrected chi connectivity index (χ0v) is 7.55. The number of nitrogen functional groups attached to an aromatic ring is 1. The molecule has 0 fully saturated rings. The molecule has 0 saturated carbocycles. The first kappa shape index (κ1) is 10.2. The van der Waals surface area contributed by atoms with Crippen LogP contribution >= 0.6 is 11.6 Å². The highest BCUT2D eigenvalue weighted by atomic mass is 35.5. The van der Waals surface area contributed by atoms with E-state index in [1.54, 1.807) is 6.92 Å². The Labute approximate surface area is 78.3 Å². The van der Waals surface area contributed by atoms with Crippen LogP contribution in [0.15, 0.2) is 0 Å². The maximum absolute atomic E-state index is 13.1. The Morgan fingerprint density at radius 1 is 1.15 bits per heavy atom. The second kappa shape index (κ2) is 3.46. The maximum Gasteiger partial charge on any atom is 0.183 e. The Morgan fingerprint density at radius 2 is 1.69 bits per heavy atom. The molecule has 0 heterocycles. The first-order valence-corrected chi connectivity index (χ1v) is 3.98. The number of benzene rings is 1. The van der Waals surface area contributed by atoms with Crippen LogP contribution in [0.1, 0.15) is 12.5 Å². The van der Waals surface area contributed by atoms with E-state index < -0.39 is 28.2 Å². The van der Waals surface area contributed by atoms with E-state index >= 15 is 0 Å². The molecule has 0 spiro atoms. The highest BCUT2D eigenvalue weighted by Crippen LogP contribution is 2.30. The molecule has 2 N–H and O–H groups in total. The van der Waals surface area contributed by atoms with E-state index in [1.807, 2.05) is 0 Å². The van der Waals surface area contributed by atoms with Gasteiger partial charge in [-0.25, -0.2) is 13.2 Å². The third-order valence-electron chi connectivity index (χ3n) is 1.76. The van der Waals surface area contributed by atoms with Gasteiger partial charge in [-0.05, 0) is 6.42 Å². The first-order valence-electron chi connectivity index (χ1n) is 3.61. The Hall–Kier alpha value is -0.900. The molecule has 13 heavy (non-hydrogen) atoms. The van der Waals surface area contributed by atoms with Gasteiger partial charge in [-0.2, -0.15) is 0 Å². The molecular weight excluding hydrogens is 203 g/mol. The van der Waals surface area contributed by atoms with E-state index in [4.69, 9.17) is 17.3 Å². The molecule has 0 saturated heterocycles. The number of hydrogen-bond donors (Lipinski definition) is 1. The van der Waals surface area contributed by atoms with Crippen molar-refractivity contribution in [1.82, 2.24) is 0 Å². The van der Waals surface area contributed by atoms with E-state index in [1.165, 1.54) is 0 Å². The van der Waals surface area contributed by atoms with Gasteiger partial charge in [-0.3, -0.25) is 0 Å². The molecule has 0 bridgehead atoms. The summed E-state index contributed by atoms with van der Waals surface area (Å²) < 4.78 is 38.7. The fraction of sp³-hybridized carbons (Fsp3) is 0.250. The Kier molecular flexibility index (Phi) is 2.71. The summed E-state index contributed by atoms with van der Waals surface area (Å²) in [4.78, 5) is 0. The maximum atomic E-state index is 13.1. The van der Waals surface area contributed by atoms with Crippen LogP contribution in [0.25, 0.3) is 0 Å². The van der Waals surface area contributed by atoms with Crippen LogP contribution in [-0.2, 0) is 6.42 Å². The van der Waals surface area contributed by atoms with E-state index in [0.717, 1.165) is 0 Å². The number of halogens is 4. The summed E-state index contributed by atoms with van der Waals surface area (Å²) in [6, 6.07) is 0. The number of nitrogens with two attached hydrogens (primary N) is 1. The molecule has 1 aromatic carbocycles. The fourth-order valence-corrected chi connectivity index (χ4v) is 1.24. The quantitative estimate of drug-likeness (QED) is 0.430. The van der Waals surface area contributed by atoms with Crippen molar-refractivity contribution in [1.29, 1.82) is 0 Å². The molecule has 72 valence electrons. The smallest absolute Gasteiger partial charge is 0.183 e. The number of rotatable bonds is 1. The highest BCUT2D eigenvalue weighted by Gasteiger charge is 2.20. The van der Waals surface area contributed by atoms with E-state index in [9.17, 15) is 13.2 Å². The molecule has 1 aromatic rings. The Bertz CT molecular complexity index is 323. The molecule has 0 aromatic heterocycles. The largest absolute Gasteiger partial charge is 0.396 e. The van der Waals surface area contributed by atoms with Crippen molar-refractivity contribution >= 4 is 17.3 Å². The van der Waals surface area contributed by atoms with Crippen LogP contribution in [0.2, 0.25) is 5.02 Å². The zero-order chi connectivity index (χ0) is 10.2. The summed E-state index contributed by atoms with van der Waals surface area (Å²) in [5.74, 6) is -3.71. The summed E-state index contributed by atoms with van der Waals surface area (Å²) in [6.07, 6.45) is 0.161. The Morgan fingerprint density at radius 3 is 2.15 bits per heavy atom. The van der Waals surface area contributed by atoms with Gasteiger partial charge in [0.05, 0.1) is 5.69 Å². The van der Waals surface area contributed by atoms with E-state index in [0.29, 0.717) is 0 Å². The molecule has 0 atom stereocenters. The van der Waals surface area contributed by atoms with Crippen LogP contribution in [-0.4, -0.2) is 0 Å². The molecule has 0 aliphatic rings. The van der Waals surface area contributed by atoms with Crippen LogP contribution in [0.5, 0.6) is 0 Å². The van der Waals surface area contributed by atoms with Crippen LogP contribution in [0.4, 0.5) is 18.9 Å². The predicted octanol–water partition coefficient (Wildman–Crippen LogP) is 2.90. The molecule has 0 radical (unpaired) electrons. The third-order valence-corrected chi connectivity index (χ3v) is 2.09. The van der Waals surface area contributed by atoms with Crippen molar-refractivity contribution in [2.24, 2.45) is 0 Å². The standard InChI is InChI=1S/C8H7ClF3N/c1-2-3-5(10)4(9)6(11)7(12)8(3)13/h2,13H2,1H3. The van der Waals surface area contributed by atoms with Crippen molar-refractivity contribution in [2.45, 2.75) is 13.3 Å². The van der Waals surface area contributed by atoms with Crippen LogP contribution in [0, 0.1) is 17.5 Å². The minimum absolute atomic E-state index is 0.0936. The summed E-state index contributed by atoms with van der Waals surface area (Å²) >= 11 is 5.19.